The number of unbranched alkanes of at least 4 members (excludes halogenated alkanes) is 1. The summed E-state index contributed by atoms with van der Waals surface area (Å²) in [6.07, 6.45) is 3.43. The standard InChI is InChI=1S/C10H19ClN2O3/c1-2-3-6-16-12-8-4-5-9(10(14)15)13(11)7-8/h8-9,12H,2-7H2,1H3,(H,14,15)/t8-,9+/m1/s1. The Hall–Kier alpha value is -0.360. The molecule has 0 unspecified atom stereocenters. The number of halogens is 1. The molecule has 1 aliphatic rings. The number of rotatable bonds is 6. The van der Waals surface area contributed by atoms with Gasteiger partial charge in [0.1, 0.15) is 6.04 Å². The van der Waals surface area contributed by atoms with Crippen LogP contribution >= 0.6 is 11.8 Å². The lowest BCUT2D eigenvalue weighted by atomic mass is 10.0. The summed E-state index contributed by atoms with van der Waals surface area (Å²) in [7, 11) is 0. The molecule has 2 atom stereocenters. The van der Waals surface area contributed by atoms with Gasteiger partial charge in [0.05, 0.1) is 6.61 Å². The second-order valence-corrected chi connectivity index (χ2v) is 4.46. The smallest absolute Gasteiger partial charge is 0.322 e. The van der Waals surface area contributed by atoms with Crippen LogP contribution in [0.25, 0.3) is 0 Å². The number of carboxylic acids is 1. The number of piperidine rings is 1. The van der Waals surface area contributed by atoms with E-state index < -0.39 is 12.0 Å². The molecule has 0 aliphatic carbocycles. The minimum atomic E-state index is -0.861. The average molecular weight is 251 g/mol. The first-order valence-electron chi connectivity index (χ1n) is 5.67. The van der Waals surface area contributed by atoms with Crippen molar-refractivity contribution in [2.75, 3.05) is 13.2 Å². The zero-order valence-electron chi connectivity index (χ0n) is 9.49. The minimum absolute atomic E-state index is 0.116. The van der Waals surface area contributed by atoms with Gasteiger partial charge in [-0.15, -0.1) is 0 Å². The molecule has 0 amide bonds. The molecule has 1 aliphatic heterocycles. The minimum Gasteiger partial charge on any atom is -0.480 e. The first-order chi connectivity index (χ1) is 7.65. The number of hydroxylamine groups is 1. The van der Waals surface area contributed by atoms with Gasteiger partial charge in [0.25, 0.3) is 0 Å². The number of carboxylic acid groups (broad SMARTS) is 1. The van der Waals surface area contributed by atoms with Crippen LogP contribution in [0.4, 0.5) is 0 Å². The van der Waals surface area contributed by atoms with E-state index >= 15 is 0 Å². The van der Waals surface area contributed by atoms with Crippen molar-refractivity contribution in [1.29, 1.82) is 0 Å². The fourth-order valence-corrected chi connectivity index (χ4v) is 2.01. The summed E-state index contributed by atoms with van der Waals surface area (Å²) in [6.45, 7) is 3.27. The maximum Gasteiger partial charge on any atom is 0.322 e. The molecule has 1 rings (SSSR count). The van der Waals surface area contributed by atoms with E-state index in [-0.39, 0.29) is 6.04 Å². The third-order valence-electron chi connectivity index (χ3n) is 2.66. The molecule has 94 valence electrons. The molecule has 0 spiro atoms. The Morgan fingerprint density at radius 1 is 1.62 bits per heavy atom. The van der Waals surface area contributed by atoms with E-state index in [1.807, 2.05) is 0 Å². The van der Waals surface area contributed by atoms with Gasteiger partial charge in [0, 0.05) is 12.6 Å². The van der Waals surface area contributed by atoms with Crippen molar-refractivity contribution < 1.29 is 14.7 Å². The fraction of sp³-hybridized carbons (Fsp3) is 0.900. The fourth-order valence-electron chi connectivity index (χ4n) is 1.66. The summed E-state index contributed by atoms with van der Waals surface area (Å²) in [5, 5.41) is 8.86. The average Bonchev–Trinajstić information content (AvgIpc) is 2.24. The second-order valence-electron chi connectivity index (χ2n) is 4.03. The molecule has 1 fully saturated rings. The van der Waals surface area contributed by atoms with E-state index in [4.69, 9.17) is 21.7 Å². The van der Waals surface area contributed by atoms with Gasteiger partial charge < -0.3 is 9.94 Å². The SMILES string of the molecule is CCCCON[C@@H]1CC[C@@H](C(=O)O)N(Cl)C1. The Morgan fingerprint density at radius 2 is 2.38 bits per heavy atom. The lowest BCUT2D eigenvalue weighted by Gasteiger charge is -2.32. The molecule has 6 heteroatoms. The number of carbonyl (C=O) groups is 1. The molecular weight excluding hydrogens is 232 g/mol. The molecule has 0 aromatic rings. The van der Waals surface area contributed by atoms with Crippen molar-refractivity contribution in [1.82, 2.24) is 9.90 Å². The Balaban J connectivity index is 2.21. The zero-order valence-corrected chi connectivity index (χ0v) is 10.2. The summed E-state index contributed by atoms with van der Waals surface area (Å²) in [6, 6.07) is -0.458. The number of nitrogens with one attached hydrogen (secondary N) is 1. The maximum absolute atomic E-state index is 10.8. The maximum atomic E-state index is 10.8. The van der Waals surface area contributed by atoms with Crippen LogP contribution in [0.15, 0.2) is 0 Å². The van der Waals surface area contributed by atoms with E-state index in [0.717, 1.165) is 19.3 Å². The highest BCUT2D eigenvalue weighted by atomic mass is 35.5. The van der Waals surface area contributed by atoms with Crippen molar-refractivity contribution >= 4 is 17.7 Å². The van der Waals surface area contributed by atoms with Crippen molar-refractivity contribution in [3.63, 3.8) is 0 Å². The monoisotopic (exact) mass is 250 g/mol. The van der Waals surface area contributed by atoms with Crippen LogP contribution in [0.1, 0.15) is 32.6 Å². The van der Waals surface area contributed by atoms with Gasteiger partial charge in [-0.05, 0) is 31.0 Å². The largest absolute Gasteiger partial charge is 0.480 e. The van der Waals surface area contributed by atoms with Crippen LogP contribution in [-0.2, 0) is 9.63 Å². The van der Waals surface area contributed by atoms with E-state index in [9.17, 15) is 4.79 Å². The Labute approximate surface area is 101 Å². The van der Waals surface area contributed by atoms with Gasteiger partial charge in [0.15, 0.2) is 0 Å². The Kier molecular flexibility index (Phi) is 6.05. The van der Waals surface area contributed by atoms with Crippen molar-refractivity contribution in [2.24, 2.45) is 0 Å². The van der Waals surface area contributed by atoms with Crippen molar-refractivity contribution in [3.05, 3.63) is 0 Å². The molecule has 5 nitrogen and oxygen atoms in total. The number of nitrogens with zero attached hydrogens (tertiary/aromatic N) is 1. The van der Waals surface area contributed by atoms with Crippen LogP contribution in [0, 0.1) is 0 Å². The summed E-state index contributed by atoms with van der Waals surface area (Å²) < 4.78 is 1.34. The van der Waals surface area contributed by atoms with Gasteiger partial charge in [-0.25, -0.2) is 4.42 Å². The highest BCUT2D eigenvalue weighted by molar-refractivity contribution is 6.14. The van der Waals surface area contributed by atoms with Crippen LogP contribution in [-0.4, -0.2) is 40.7 Å². The van der Waals surface area contributed by atoms with Gasteiger partial charge in [-0.2, -0.15) is 5.48 Å². The van der Waals surface area contributed by atoms with Crippen LogP contribution in [0.2, 0.25) is 0 Å². The molecule has 0 aromatic heterocycles. The summed E-state index contributed by atoms with van der Waals surface area (Å²) in [5.41, 5.74) is 2.93. The van der Waals surface area contributed by atoms with Crippen molar-refractivity contribution in [2.45, 2.75) is 44.7 Å². The van der Waals surface area contributed by atoms with Crippen molar-refractivity contribution in [3.8, 4) is 0 Å². The highest BCUT2D eigenvalue weighted by Gasteiger charge is 2.32. The topological polar surface area (TPSA) is 61.8 Å². The highest BCUT2D eigenvalue weighted by Crippen LogP contribution is 2.19. The molecule has 0 saturated carbocycles. The predicted molar refractivity (Wildman–Crippen MR) is 61.0 cm³/mol. The molecule has 0 radical (unpaired) electrons. The van der Waals surface area contributed by atoms with E-state index in [1.165, 1.54) is 4.42 Å². The normalized spacial score (nSPS) is 26.9. The molecule has 1 heterocycles. The number of aliphatic carboxylic acids is 1. The van der Waals surface area contributed by atoms with Crippen LogP contribution in [0.5, 0.6) is 0 Å². The first kappa shape index (κ1) is 13.7. The summed E-state index contributed by atoms with van der Waals surface area (Å²) in [5.74, 6) is -0.861. The van der Waals surface area contributed by atoms with E-state index in [0.29, 0.717) is 19.6 Å². The third kappa shape index (κ3) is 4.25. The molecule has 0 aromatic carbocycles. The quantitative estimate of drug-likeness (QED) is 0.424. The van der Waals surface area contributed by atoms with Gasteiger partial charge in [-0.3, -0.25) is 4.79 Å². The van der Waals surface area contributed by atoms with Gasteiger partial charge >= 0.3 is 5.97 Å². The lowest BCUT2D eigenvalue weighted by molar-refractivity contribution is -0.143. The molecule has 1 saturated heterocycles. The van der Waals surface area contributed by atoms with Crippen LogP contribution in [0.3, 0.4) is 0 Å². The van der Waals surface area contributed by atoms with Gasteiger partial charge in [-0.1, -0.05) is 13.3 Å². The summed E-state index contributed by atoms with van der Waals surface area (Å²) >= 11 is 5.87. The number of hydrogen-bond donors (Lipinski definition) is 2. The zero-order chi connectivity index (χ0) is 12.0. The third-order valence-corrected chi connectivity index (χ3v) is 3.03. The predicted octanol–water partition coefficient (Wildman–Crippen LogP) is 1.38. The molecule has 16 heavy (non-hydrogen) atoms. The molecule has 2 N–H and O–H groups in total. The molecule has 0 bridgehead atoms. The number of hydrogen-bond acceptors (Lipinski definition) is 4. The van der Waals surface area contributed by atoms with E-state index in [1.54, 1.807) is 0 Å². The first-order valence-corrected chi connectivity index (χ1v) is 6.01. The Bertz CT molecular complexity index is 228. The second kappa shape index (κ2) is 7.06. The van der Waals surface area contributed by atoms with E-state index in [2.05, 4.69) is 12.4 Å². The molecular formula is C10H19ClN2O3. The van der Waals surface area contributed by atoms with Gasteiger partial charge in [0.2, 0.25) is 0 Å². The lowest BCUT2D eigenvalue weighted by Crippen LogP contribution is -2.49. The summed E-state index contributed by atoms with van der Waals surface area (Å²) in [4.78, 5) is 16.1. The van der Waals surface area contributed by atoms with Crippen LogP contribution < -0.4 is 5.48 Å². The Morgan fingerprint density at radius 3 is 2.94 bits per heavy atom.